The smallest absolute Gasteiger partial charge is 0.308 e. The number of hydrogen-bond acceptors (Lipinski definition) is 3. The zero-order valence-electron chi connectivity index (χ0n) is 11.6. The first kappa shape index (κ1) is 14.3. The Morgan fingerprint density at radius 3 is 2.68 bits per heavy atom. The number of nitrogens with one attached hydrogen (secondary N) is 1. The van der Waals surface area contributed by atoms with E-state index in [9.17, 15) is 14.7 Å². The van der Waals surface area contributed by atoms with E-state index in [1.54, 1.807) is 7.11 Å². The molecule has 0 aromatic heterocycles. The second-order valence-corrected chi connectivity index (χ2v) is 6.06. The SMILES string of the molecule is COCC(C)CC(=O)NC1C2CCC(C2)C1C(=O)O. The van der Waals surface area contributed by atoms with E-state index >= 15 is 0 Å². The van der Waals surface area contributed by atoms with E-state index in [-0.39, 0.29) is 29.7 Å². The van der Waals surface area contributed by atoms with Gasteiger partial charge in [-0.2, -0.15) is 0 Å². The predicted octanol–water partition coefficient (Wildman–Crippen LogP) is 1.27. The molecule has 2 N–H and O–H groups in total. The molecule has 0 saturated heterocycles. The summed E-state index contributed by atoms with van der Waals surface area (Å²) in [5.74, 6) is -0.430. The predicted molar refractivity (Wildman–Crippen MR) is 69.5 cm³/mol. The van der Waals surface area contributed by atoms with Gasteiger partial charge in [-0.15, -0.1) is 0 Å². The van der Waals surface area contributed by atoms with Gasteiger partial charge in [0, 0.05) is 26.2 Å². The lowest BCUT2D eigenvalue weighted by atomic mass is 9.84. The van der Waals surface area contributed by atoms with Crippen LogP contribution in [0.15, 0.2) is 0 Å². The molecular formula is C14H23NO4. The van der Waals surface area contributed by atoms with Crippen molar-refractivity contribution in [3.63, 3.8) is 0 Å². The summed E-state index contributed by atoms with van der Waals surface area (Å²) in [5.41, 5.74) is 0. The molecule has 0 aromatic rings. The minimum absolute atomic E-state index is 0.0478. The van der Waals surface area contributed by atoms with E-state index < -0.39 is 5.97 Å². The summed E-state index contributed by atoms with van der Waals surface area (Å²) in [5, 5.41) is 12.3. The molecular weight excluding hydrogens is 246 g/mol. The second kappa shape index (κ2) is 5.90. The van der Waals surface area contributed by atoms with Gasteiger partial charge >= 0.3 is 5.97 Å². The number of carboxylic acids is 1. The van der Waals surface area contributed by atoms with Crippen LogP contribution in [0.4, 0.5) is 0 Å². The minimum Gasteiger partial charge on any atom is -0.481 e. The third-order valence-corrected chi connectivity index (χ3v) is 4.51. The average molecular weight is 269 g/mol. The number of carbonyl (C=O) groups excluding carboxylic acids is 1. The van der Waals surface area contributed by atoms with Gasteiger partial charge in [0.2, 0.25) is 5.91 Å². The first-order chi connectivity index (χ1) is 9.02. The molecule has 2 bridgehead atoms. The molecule has 0 heterocycles. The molecule has 0 spiro atoms. The van der Waals surface area contributed by atoms with Gasteiger partial charge in [-0.25, -0.2) is 0 Å². The largest absolute Gasteiger partial charge is 0.481 e. The maximum absolute atomic E-state index is 12.0. The average Bonchev–Trinajstić information content (AvgIpc) is 2.88. The normalized spacial score (nSPS) is 34.2. The van der Waals surface area contributed by atoms with Gasteiger partial charge in [0.05, 0.1) is 5.92 Å². The maximum Gasteiger partial charge on any atom is 0.308 e. The molecule has 1 amide bonds. The number of carboxylic acid groups (broad SMARTS) is 1. The Morgan fingerprint density at radius 2 is 2.05 bits per heavy atom. The quantitative estimate of drug-likeness (QED) is 0.761. The van der Waals surface area contributed by atoms with Gasteiger partial charge in [0.25, 0.3) is 0 Å². The second-order valence-electron chi connectivity index (χ2n) is 6.06. The van der Waals surface area contributed by atoms with Crippen molar-refractivity contribution in [2.75, 3.05) is 13.7 Å². The highest BCUT2D eigenvalue weighted by molar-refractivity contribution is 5.79. The first-order valence-corrected chi connectivity index (χ1v) is 7.04. The van der Waals surface area contributed by atoms with Crippen molar-refractivity contribution in [2.24, 2.45) is 23.7 Å². The van der Waals surface area contributed by atoms with Gasteiger partial charge in [-0.3, -0.25) is 9.59 Å². The van der Waals surface area contributed by atoms with Crippen molar-refractivity contribution in [3.8, 4) is 0 Å². The number of carbonyl (C=O) groups is 2. The van der Waals surface area contributed by atoms with Crippen LogP contribution in [0.1, 0.15) is 32.6 Å². The Morgan fingerprint density at radius 1 is 1.37 bits per heavy atom. The molecule has 5 nitrogen and oxygen atoms in total. The fourth-order valence-electron chi connectivity index (χ4n) is 3.76. The van der Waals surface area contributed by atoms with E-state index in [1.165, 1.54) is 0 Å². The van der Waals surface area contributed by atoms with Crippen LogP contribution in [0.2, 0.25) is 0 Å². The van der Waals surface area contributed by atoms with Crippen LogP contribution in [0.25, 0.3) is 0 Å². The van der Waals surface area contributed by atoms with Crippen molar-refractivity contribution >= 4 is 11.9 Å². The third kappa shape index (κ3) is 3.08. The molecule has 0 aromatic carbocycles. The fourth-order valence-corrected chi connectivity index (χ4v) is 3.76. The summed E-state index contributed by atoms with van der Waals surface area (Å²) >= 11 is 0. The molecule has 108 valence electrons. The van der Waals surface area contributed by atoms with E-state index in [0.29, 0.717) is 18.9 Å². The summed E-state index contributed by atoms with van der Waals surface area (Å²) in [7, 11) is 1.62. The highest BCUT2D eigenvalue weighted by Gasteiger charge is 2.51. The first-order valence-electron chi connectivity index (χ1n) is 7.04. The molecule has 0 radical (unpaired) electrons. The molecule has 5 heteroatoms. The number of rotatable bonds is 6. The maximum atomic E-state index is 12.0. The molecule has 2 aliphatic carbocycles. The van der Waals surface area contributed by atoms with E-state index in [0.717, 1.165) is 19.3 Å². The van der Waals surface area contributed by atoms with Crippen molar-refractivity contribution in [1.82, 2.24) is 5.32 Å². The van der Waals surface area contributed by atoms with Crippen LogP contribution in [0.5, 0.6) is 0 Å². The lowest BCUT2D eigenvalue weighted by Gasteiger charge is -2.29. The van der Waals surface area contributed by atoms with Gasteiger partial charge in [0.15, 0.2) is 0 Å². The Hall–Kier alpha value is -1.10. The van der Waals surface area contributed by atoms with Gasteiger partial charge < -0.3 is 15.2 Å². The number of aliphatic carboxylic acids is 1. The monoisotopic (exact) mass is 269 g/mol. The molecule has 5 atom stereocenters. The van der Waals surface area contributed by atoms with Gasteiger partial charge in [0.1, 0.15) is 0 Å². The molecule has 2 aliphatic rings. The standard InChI is InChI=1S/C14H23NO4/c1-8(7-19-2)5-11(16)15-13-10-4-3-9(6-10)12(13)14(17)18/h8-10,12-13H,3-7H2,1-2H3,(H,15,16)(H,17,18). The highest BCUT2D eigenvalue weighted by Crippen LogP contribution is 2.48. The van der Waals surface area contributed by atoms with Gasteiger partial charge in [-0.05, 0) is 37.0 Å². The van der Waals surface area contributed by atoms with Crippen molar-refractivity contribution < 1.29 is 19.4 Å². The number of hydrogen-bond donors (Lipinski definition) is 2. The summed E-state index contributed by atoms with van der Waals surface area (Å²) in [6, 6.07) is -0.168. The molecule has 0 aliphatic heterocycles. The Bertz CT molecular complexity index is 357. The zero-order valence-corrected chi connectivity index (χ0v) is 11.6. The molecule has 2 saturated carbocycles. The van der Waals surface area contributed by atoms with Crippen LogP contribution < -0.4 is 5.32 Å². The molecule has 2 fully saturated rings. The Kier molecular flexibility index (Phi) is 4.45. The van der Waals surface area contributed by atoms with Crippen LogP contribution in [0, 0.1) is 23.7 Å². The van der Waals surface area contributed by atoms with Crippen LogP contribution >= 0.6 is 0 Å². The van der Waals surface area contributed by atoms with Crippen LogP contribution in [-0.4, -0.2) is 36.7 Å². The van der Waals surface area contributed by atoms with Crippen molar-refractivity contribution in [3.05, 3.63) is 0 Å². The minimum atomic E-state index is -0.762. The summed E-state index contributed by atoms with van der Waals surface area (Å²) in [4.78, 5) is 23.3. The highest BCUT2D eigenvalue weighted by atomic mass is 16.5. The fraction of sp³-hybridized carbons (Fsp3) is 0.857. The number of methoxy groups -OCH3 is 1. The van der Waals surface area contributed by atoms with E-state index in [4.69, 9.17) is 4.74 Å². The number of fused-ring (bicyclic) bond motifs is 2. The number of ether oxygens (including phenoxy) is 1. The van der Waals surface area contributed by atoms with E-state index in [2.05, 4.69) is 5.32 Å². The number of amides is 1. The van der Waals surface area contributed by atoms with Gasteiger partial charge in [-0.1, -0.05) is 6.92 Å². The Labute approximate surface area is 113 Å². The van der Waals surface area contributed by atoms with Crippen molar-refractivity contribution in [1.29, 1.82) is 0 Å². The topological polar surface area (TPSA) is 75.6 Å². The summed E-state index contributed by atoms with van der Waals surface area (Å²) in [6.07, 6.45) is 3.39. The summed E-state index contributed by atoms with van der Waals surface area (Å²) < 4.78 is 5.01. The Balaban J connectivity index is 1.90. The molecule has 19 heavy (non-hydrogen) atoms. The van der Waals surface area contributed by atoms with E-state index in [1.807, 2.05) is 6.92 Å². The zero-order chi connectivity index (χ0) is 14.0. The third-order valence-electron chi connectivity index (χ3n) is 4.51. The summed E-state index contributed by atoms with van der Waals surface area (Å²) in [6.45, 7) is 2.51. The lowest BCUT2D eigenvalue weighted by molar-refractivity contribution is -0.144. The van der Waals surface area contributed by atoms with Crippen molar-refractivity contribution in [2.45, 2.75) is 38.6 Å². The van der Waals surface area contributed by atoms with Crippen LogP contribution in [0.3, 0.4) is 0 Å². The van der Waals surface area contributed by atoms with Crippen LogP contribution in [-0.2, 0) is 14.3 Å². The molecule has 2 rings (SSSR count). The lowest BCUT2D eigenvalue weighted by Crippen LogP contribution is -2.47. The molecule has 5 unspecified atom stereocenters.